The molecule has 18 heavy (non-hydrogen) atoms. The molecule has 0 radical (unpaired) electrons. The van der Waals surface area contributed by atoms with Crippen LogP contribution in [0.2, 0.25) is 0 Å². The summed E-state index contributed by atoms with van der Waals surface area (Å²) in [6.45, 7) is 2.99. The minimum absolute atomic E-state index is 0.0137. The Labute approximate surface area is 112 Å². The molecule has 0 aliphatic rings. The van der Waals surface area contributed by atoms with E-state index in [4.69, 9.17) is 11.6 Å². The van der Waals surface area contributed by atoms with Crippen molar-refractivity contribution in [3.8, 4) is 0 Å². The van der Waals surface area contributed by atoms with E-state index in [1.54, 1.807) is 6.92 Å². The van der Waals surface area contributed by atoms with E-state index in [9.17, 15) is 17.9 Å². The Morgan fingerprint density at radius 1 is 1.39 bits per heavy atom. The van der Waals surface area contributed by atoms with Gasteiger partial charge in [0.15, 0.2) is 14.0 Å². The highest BCUT2D eigenvalue weighted by Gasteiger charge is 2.47. The molecule has 3 nitrogen and oxygen atoms in total. The highest BCUT2D eigenvalue weighted by molar-refractivity contribution is 7.94. The Hall–Kier alpha value is -0.650. The molecule has 0 aliphatic carbocycles. The molecule has 0 bridgehead atoms. The van der Waals surface area contributed by atoms with E-state index in [0.29, 0.717) is 0 Å². The molecule has 0 fully saturated rings. The van der Waals surface area contributed by atoms with Gasteiger partial charge in [-0.05, 0) is 12.5 Å². The van der Waals surface area contributed by atoms with E-state index in [-0.39, 0.29) is 17.7 Å². The molecule has 1 rings (SSSR count). The first-order valence-electron chi connectivity index (χ1n) is 5.63. The highest BCUT2D eigenvalue weighted by atomic mass is 35.5. The first-order valence-corrected chi connectivity index (χ1v) is 7.66. The first kappa shape index (κ1) is 15.4. The number of aliphatic hydroxyl groups is 1. The molecule has 1 aromatic carbocycles. The van der Waals surface area contributed by atoms with Crippen LogP contribution in [0, 0.1) is 5.82 Å². The van der Waals surface area contributed by atoms with E-state index in [1.165, 1.54) is 25.1 Å². The Morgan fingerprint density at radius 3 is 2.39 bits per heavy atom. The van der Waals surface area contributed by atoms with Crippen LogP contribution in [0.15, 0.2) is 24.3 Å². The van der Waals surface area contributed by atoms with Crippen molar-refractivity contribution in [2.45, 2.75) is 30.6 Å². The lowest BCUT2D eigenvalue weighted by molar-refractivity contribution is 0.150. The summed E-state index contributed by atoms with van der Waals surface area (Å²) in [7, 11) is -3.73. The summed E-state index contributed by atoms with van der Waals surface area (Å²) in [5.74, 6) is -0.884. The second-order valence-electron chi connectivity index (χ2n) is 3.97. The summed E-state index contributed by atoms with van der Waals surface area (Å²) in [6, 6.07) is 5.47. The van der Waals surface area contributed by atoms with Crippen LogP contribution in [-0.4, -0.2) is 23.5 Å². The molecule has 0 aromatic heterocycles. The van der Waals surface area contributed by atoms with Crippen LogP contribution in [0.4, 0.5) is 4.39 Å². The highest BCUT2D eigenvalue weighted by Crippen LogP contribution is 2.40. The van der Waals surface area contributed by atoms with Crippen LogP contribution in [0.3, 0.4) is 0 Å². The van der Waals surface area contributed by atoms with Crippen molar-refractivity contribution in [2.75, 3.05) is 5.75 Å². The van der Waals surface area contributed by atoms with Gasteiger partial charge in [0.1, 0.15) is 11.9 Å². The van der Waals surface area contributed by atoms with Crippen LogP contribution in [0.25, 0.3) is 0 Å². The molecule has 0 amide bonds. The molecule has 6 heteroatoms. The quantitative estimate of drug-likeness (QED) is 0.850. The van der Waals surface area contributed by atoms with Crippen LogP contribution in [0.1, 0.15) is 31.9 Å². The second kappa shape index (κ2) is 5.55. The van der Waals surface area contributed by atoms with Crippen molar-refractivity contribution < 1.29 is 17.9 Å². The maximum atomic E-state index is 13.6. The van der Waals surface area contributed by atoms with Gasteiger partial charge in [0.2, 0.25) is 0 Å². The molecule has 0 saturated carbocycles. The number of alkyl halides is 1. The molecular weight excluding hydrogens is 279 g/mol. The SMILES string of the molecule is CC[C@](Cl)([C@@H](O)c1ccccc1F)S(=O)(=O)CC. The van der Waals surface area contributed by atoms with Gasteiger partial charge in [-0.3, -0.25) is 0 Å². The summed E-state index contributed by atoms with van der Waals surface area (Å²) >= 11 is 6.07. The van der Waals surface area contributed by atoms with Gasteiger partial charge in [-0.1, -0.05) is 43.6 Å². The van der Waals surface area contributed by atoms with Crippen LogP contribution >= 0.6 is 11.6 Å². The zero-order valence-corrected chi connectivity index (χ0v) is 11.8. The number of benzene rings is 1. The van der Waals surface area contributed by atoms with Crippen molar-refractivity contribution in [1.29, 1.82) is 0 Å². The molecule has 0 saturated heterocycles. The Balaban J connectivity index is 3.31. The monoisotopic (exact) mass is 294 g/mol. The smallest absolute Gasteiger partial charge is 0.175 e. The van der Waals surface area contributed by atoms with Gasteiger partial charge in [0.05, 0.1) is 0 Å². The van der Waals surface area contributed by atoms with Gasteiger partial charge >= 0.3 is 0 Å². The minimum atomic E-state index is -3.73. The first-order chi connectivity index (χ1) is 8.30. The number of rotatable bonds is 5. The molecule has 0 unspecified atom stereocenters. The van der Waals surface area contributed by atoms with E-state index in [0.717, 1.165) is 6.07 Å². The Bertz CT molecular complexity index is 518. The fraction of sp³-hybridized carbons (Fsp3) is 0.500. The second-order valence-corrected chi connectivity index (χ2v) is 7.40. The number of halogens is 2. The van der Waals surface area contributed by atoms with E-state index >= 15 is 0 Å². The molecule has 2 atom stereocenters. The van der Waals surface area contributed by atoms with Crippen molar-refractivity contribution in [2.24, 2.45) is 0 Å². The number of sulfone groups is 1. The van der Waals surface area contributed by atoms with E-state index < -0.39 is 26.0 Å². The van der Waals surface area contributed by atoms with Gasteiger partial charge in [-0.2, -0.15) is 0 Å². The molecule has 0 heterocycles. The molecule has 0 spiro atoms. The summed E-state index contributed by atoms with van der Waals surface area (Å²) in [4.78, 5) is 0. The molecule has 1 aromatic rings. The summed E-state index contributed by atoms with van der Waals surface area (Å²) in [5, 5.41) is 10.1. The predicted molar refractivity (Wildman–Crippen MR) is 69.7 cm³/mol. The maximum Gasteiger partial charge on any atom is 0.175 e. The molecule has 1 N–H and O–H groups in total. The van der Waals surface area contributed by atoms with Crippen LogP contribution < -0.4 is 0 Å². The fourth-order valence-electron chi connectivity index (χ4n) is 1.75. The van der Waals surface area contributed by atoms with Crippen molar-refractivity contribution in [3.63, 3.8) is 0 Å². The van der Waals surface area contributed by atoms with Crippen LogP contribution in [-0.2, 0) is 9.84 Å². The number of aliphatic hydroxyl groups excluding tert-OH is 1. The summed E-state index contributed by atoms with van der Waals surface area (Å²) in [6.07, 6.45) is -1.62. The largest absolute Gasteiger partial charge is 0.385 e. The van der Waals surface area contributed by atoms with E-state index in [2.05, 4.69) is 0 Å². The summed E-state index contributed by atoms with van der Waals surface area (Å²) < 4.78 is 35.6. The lowest BCUT2D eigenvalue weighted by atomic mass is 10.0. The lowest BCUT2D eigenvalue weighted by Crippen LogP contribution is -2.40. The zero-order chi connectivity index (χ0) is 14.0. The van der Waals surface area contributed by atoms with Gasteiger partial charge in [-0.25, -0.2) is 12.8 Å². The third-order valence-electron chi connectivity index (χ3n) is 2.99. The molecule has 0 aliphatic heterocycles. The van der Waals surface area contributed by atoms with Gasteiger partial charge < -0.3 is 5.11 Å². The average Bonchev–Trinajstić information content (AvgIpc) is 2.37. The topological polar surface area (TPSA) is 54.4 Å². The van der Waals surface area contributed by atoms with Crippen LogP contribution in [0.5, 0.6) is 0 Å². The Kier molecular flexibility index (Phi) is 4.75. The minimum Gasteiger partial charge on any atom is -0.385 e. The standard InChI is InChI=1S/C12H16ClFO3S/c1-3-12(13,18(16,17)4-2)11(15)9-7-5-6-8-10(9)14/h5-8,11,15H,3-4H2,1-2H3/t11-,12+/m0/s1. The Morgan fingerprint density at radius 2 is 1.94 bits per heavy atom. The van der Waals surface area contributed by atoms with Crippen molar-refractivity contribution in [3.05, 3.63) is 35.6 Å². The predicted octanol–water partition coefficient (Wildman–Crippen LogP) is 2.64. The van der Waals surface area contributed by atoms with Crippen molar-refractivity contribution in [1.82, 2.24) is 0 Å². The zero-order valence-electron chi connectivity index (χ0n) is 10.2. The summed E-state index contributed by atoms with van der Waals surface area (Å²) in [5.41, 5.74) is -0.105. The van der Waals surface area contributed by atoms with Gasteiger partial charge in [-0.15, -0.1) is 0 Å². The molecule has 102 valence electrons. The fourth-order valence-corrected chi connectivity index (χ4v) is 3.58. The number of hydrogen-bond acceptors (Lipinski definition) is 3. The number of hydrogen-bond donors (Lipinski definition) is 1. The van der Waals surface area contributed by atoms with E-state index in [1.807, 2.05) is 0 Å². The average molecular weight is 295 g/mol. The lowest BCUT2D eigenvalue weighted by Gasteiger charge is -2.30. The van der Waals surface area contributed by atoms with Crippen molar-refractivity contribution >= 4 is 21.4 Å². The van der Waals surface area contributed by atoms with Gasteiger partial charge in [0, 0.05) is 11.3 Å². The normalized spacial score (nSPS) is 17.2. The third kappa shape index (κ3) is 2.53. The maximum absolute atomic E-state index is 13.6. The molecular formula is C12H16ClFO3S. The van der Waals surface area contributed by atoms with Gasteiger partial charge in [0.25, 0.3) is 0 Å². The third-order valence-corrected chi connectivity index (χ3v) is 6.47.